The fourth-order valence-corrected chi connectivity index (χ4v) is 3.47. The number of anilines is 1. The highest BCUT2D eigenvalue weighted by molar-refractivity contribution is 7.18. The van der Waals surface area contributed by atoms with Gasteiger partial charge in [-0.1, -0.05) is 44.2 Å². The van der Waals surface area contributed by atoms with Gasteiger partial charge in [-0.3, -0.25) is 0 Å². The highest BCUT2D eigenvalue weighted by Crippen LogP contribution is 2.31. The fraction of sp³-hybridized carbons (Fsp3) is 0.278. The maximum atomic E-state index is 4.74. The first-order valence-corrected chi connectivity index (χ1v) is 8.17. The predicted octanol–water partition coefficient (Wildman–Crippen LogP) is 5.59. The molecule has 0 saturated carbocycles. The van der Waals surface area contributed by atoms with Gasteiger partial charge in [0.15, 0.2) is 0 Å². The zero-order chi connectivity index (χ0) is 14.8. The third kappa shape index (κ3) is 2.93. The van der Waals surface area contributed by atoms with E-state index in [1.54, 1.807) is 11.3 Å². The van der Waals surface area contributed by atoms with Gasteiger partial charge in [-0.05, 0) is 36.6 Å². The van der Waals surface area contributed by atoms with E-state index in [2.05, 4.69) is 68.6 Å². The zero-order valence-electron chi connectivity index (χ0n) is 12.6. The van der Waals surface area contributed by atoms with Crippen LogP contribution in [0.5, 0.6) is 0 Å². The van der Waals surface area contributed by atoms with E-state index >= 15 is 0 Å². The van der Waals surface area contributed by atoms with Crippen LogP contribution >= 0.6 is 11.3 Å². The first-order chi connectivity index (χ1) is 10.1. The molecule has 3 rings (SSSR count). The van der Waals surface area contributed by atoms with Crippen LogP contribution in [0.1, 0.15) is 43.3 Å². The van der Waals surface area contributed by atoms with Crippen molar-refractivity contribution in [2.24, 2.45) is 0 Å². The molecule has 0 fully saturated rings. The number of hydrogen-bond donors (Lipinski definition) is 1. The molecule has 108 valence electrons. The lowest BCUT2D eigenvalue weighted by Gasteiger charge is -2.18. The normalized spacial score (nSPS) is 12.8. The van der Waals surface area contributed by atoms with Gasteiger partial charge in [0.25, 0.3) is 0 Å². The standard InChI is InChI=1S/C18H20N2S/c1-12(2)14-8-4-5-9-15(14)19-13(3)18-20-16-10-6-7-11-17(16)21-18/h4-13,19H,1-3H3. The second-order valence-corrected chi connectivity index (χ2v) is 6.69. The van der Waals surface area contributed by atoms with Gasteiger partial charge in [0, 0.05) is 5.69 Å². The van der Waals surface area contributed by atoms with Gasteiger partial charge in [-0.15, -0.1) is 11.3 Å². The van der Waals surface area contributed by atoms with Crippen molar-refractivity contribution >= 4 is 27.2 Å². The molecule has 0 amide bonds. The smallest absolute Gasteiger partial charge is 0.116 e. The first kappa shape index (κ1) is 14.1. The van der Waals surface area contributed by atoms with E-state index in [-0.39, 0.29) is 6.04 Å². The second kappa shape index (κ2) is 5.86. The molecule has 21 heavy (non-hydrogen) atoms. The molecule has 1 heterocycles. The lowest BCUT2D eigenvalue weighted by Crippen LogP contribution is -2.08. The Kier molecular flexibility index (Phi) is 3.93. The summed E-state index contributed by atoms with van der Waals surface area (Å²) in [6.45, 7) is 6.63. The minimum absolute atomic E-state index is 0.210. The monoisotopic (exact) mass is 296 g/mol. The summed E-state index contributed by atoms with van der Waals surface area (Å²) < 4.78 is 1.25. The number of nitrogens with one attached hydrogen (secondary N) is 1. The average molecular weight is 296 g/mol. The molecule has 1 atom stereocenters. The summed E-state index contributed by atoms with van der Waals surface area (Å²) in [4.78, 5) is 4.74. The van der Waals surface area contributed by atoms with Gasteiger partial charge in [0.1, 0.15) is 5.01 Å². The summed E-state index contributed by atoms with van der Waals surface area (Å²) in [5, 5.41) is 4.75. The number of nitrogens with zero attached hydrogens (tertiary/aromatic N) is 1. The Bertz CT molecular complexity index is 713. The van der Waals surface area contributed by atoms with Gasteiger partial charge >= 0.3 is 0 Å². The molecular weight excluding hydrogens is 276 g/mol. The van der Waals surface area contributed by atoms with Crippen molar-refractivity contribution < 1.29 is 0 Å². The summed E-state index contributed by atoms with van der Waals surface area (Å²) >= 11 is 1.77. The maximum absolute atomic E-state index is 4.74. The van der Waals surface area contributed by atoms with Crippen molar-refractivity contribution in [2.75, 3.05) is 5.32 Å². The van der Waals surface area contributed by atoms with E-state index in [1.165, 1.54) is 16.0 Å². The molecule has 0 aliphatic carbocycles. The number of thiazole rings is 1. The van der Waals surface area contributed by atoms with Crippen molar-refractivity contribution in [1.82, 2.24) is 4.98 Å². The van der Waals surface area contributed by atoms with Gasteiger partial charge in [0.2, 0.25) is 0 Å². The summed E-state index contributed by atoms with van der Waals surface area (Å²) in [7, 11) is 0. The summed E-state index contributed by atoms with van der Waals surface area (Å²) in [6.07, 6.45) is 0. The van der Waals surface area contributed by atoms with Crippen molar-refractivity contribution in [3.8, 4) is 0 Å². The molecule has 0 spiro atoms. The predicted molar refractivity (Wildman–Crippen MR) is 92.2 cm³/mol. The Hall–Kier alpha value is -1.87. The van der Waals surface area contributed by atoms with Crippen LogP contribution in [0.25, 0.3) is 10.2 Å². The Morgan fingerprint density at radius 2 is 1.67 bits per heavy atom. The maximum Gasteiger partial charge on any atom is 0.116 e. The summed E-state index contributed by atoms with van der Waals surface area (Å²) in [5.41, 5.74) is 3.65. The molecule has 0 aliphatic heterocycles. The second-order valence-electron chi connectivity index (χ2n) is 5.63. The lowest BCUT2D eigenvalue weighted by atomic mass is 10.0. The Morgan fingerprint density at radius 1 is 0.952 bits per heavy atom. The SMILES string of the molecule is CC(C)c1ccccc1NC(C)c1nc2ccccc2s1. The Morgan fingerprint density at radius 3 is 2.43 bits per heavy atom. The van der Waals surface area contributed by atoms with Crippen LogP contribution in [-0.4, -0.2) is 4.98 Å². The van der Waals surface area contributed by atoms with Crippen molar-refractivity contribution in [3.05, 3.63) is 59.1 Å². The van der Waals surface area contributed by atoms with Crippen molar-refractivity contribution in [2.45, 2.75) is 32.7 Å². The van der Waals surface area contributed by atoms with Crippen LogP contribution < -0.4 is 5.32 Å². The third-order valence-electron chi connectivity index (χ3n) is 3.64. The van der Waals surface area contributed by atoms with Crippen LogP contribution in [0.4, 0.5) is 5.69 Å². The molecule has 2 aromatic carbocycles. The van der Waals surface area contributed by atoms with Crippen LogP contribution in [-0.2, 0) is 0 Å². The van der Waals surface area contributed by atoms with Crippen molar-refractivity contribution in [3.63, 3.8) is 0 Å². The van der Waals surface area contributed by atoms with Crippen LogP contribution in [0, 0.1) is 0 Å². The molecule has 0 saturated heterocycles. The molecule has 3 heteroatoms. The minimum Gasteiger partial charge on any atom is -0.376 e. The number of aromatic nitrogens is 1. The number of benzene rings is 2. The molecule has 1 unspecified atom stereocenters. The Labute approximate surface area is 129 Å². The molecule has 1 aromatic heterocycles. The fourth-order valence-electron chi connectivity index (χ4n) is 2.50. The quantitative estimate of drug-likeness (QED) is 0.678. The van der Waals surface area contributed by atoms with Crippen LogP contribution in [0.3, 0.4) is 0 Å². The molecule has 1 N–H and O–H groups in total. The number of fused-ring (bicyclic) bond motifs is 1. The lowest BCUT2D eigenvalue weighted by molar-refractivity contribution is 0.837. The van der Waals surface area contributed by atoms with E-state index in [1.807, 2.05) is 6.07 Å². The number of para-hydroxylation sites is 2. The highest BCUT2D eigenvalue weighted by Gasteiger charge is 2.13. The van der Waals surface area contributed by atoms with Gasteiger partial charge in [-0.2, -0.15) is 0 Å². The van der Waals surface area contributed by atoms with E-state index in [9.17, 15) is 0 Å². The number of hydrogen-bond acceptors (Lipinski definition) is 3. The van der Waals surface area contributed by atoms with E-state index < -0.39 is 0 Å². The van der Waals surface area contributed by atoms with E-state index in [0.717, 1.165) is 10.5 Å². The van der Waals surface area contributed by atoms with Crippen LogP contribution in [0.15, 0.2) is 48.5 Å². The first-order valence-electron chi connectivity index (χ1n) is 7.36. The summed E-state index contributed by atoms with van der Waals surface area (Å²) in [5.74, 6) is 0.510. The molecule has 0 radical (unpaired) electrons. The molecule has 2 nitrogen and oxygen atoms in total. The van der Waals surface area contributed by atoms with Crippen LogP contribution in [0.2, 0.25) is 0 Å². The van der Waals surface area contributed by atoms with E-state index in [0.29, 0.717) is 5.92 Å². The Balaban J connectivity index is 1.87. The topological polar surface area (TPSA) is 24.9 Å². The van der Waals surface area contributed by atoms with Gasteiger partial charge < -0.3 is 5.32 Å². The molecule has 0 aliphatic rings. The largest absolute Gasteiger partial charge is 0.376 e. The molecule has 0 bridgehead atoms. The number of rotatable bonds is 4. The van der Waals surface area contributed by atoms with E-state index in [4.69, 9.17) is 4.98 Å². The third-order valence-corrected chi connectivity index (χ3v) is 4.85. The molecular formula is C18H20N2S. The summed E-state index contributed by atoms with van der Waals surface area (Å²) in [6, 6.07) is 17.0. The average Bonchev–Trinajstić information content (AvgIpc) is 2.91. The zero-order valence-corrected chi connectivity index (χ0v) is 13.4. The van der Waals surface area contributed by atoms with Gasteiger partial charge in [-0.25, -0.2) is 4.98 Å². The minimum atomic E-state index is 0.210. The van der Waals surface area contributed by atoms with Gasteiger partial charge in [0.05, 0.1) is 16.3 Å². The highest BCUT2D eigenvalue weighted by atomic mass is 32.1. The molecule has 3 aromatic rings. The van der Waals surface area contributed by atoms with Crippen molar-refractivity contribution in [1.29, 1.82) is 0 Å².